The molecular weight excluding hydrogens is 284 g/mol. The van der Waals surface area contributed by atoms with Crippen molar-refractivity contribution < 1.29 is 14.7 Å². The molecule has 2 saturated heterocycles. The molecule has 1 atom stereocenters. The summed E-state index contributed by atoms with van der Waals surface area (Å²) in [5.41, 5.74) is 0.000369. The predicted octanol–water partition coefficient (Wildman–Crippen LogP) is 1.01. The van der Waals surface area contributed by atoms with Crippen molar-refractivity contribution in [3.8, 4) is 0 Å². The molecule has 1 N–H and O–H groups in total. The molecule has 7 nitrogen and oxygen atoms in total. The number of likely N-dealkylation sites (tertiary alicyclic amines) is 1. The van der Waals surface area contributed by atoms with E-state index in [1.54, 1.807) is 0 Å². The van der Waals surface area contributed by atoms with Gasteiger partial charge in [0.05, 0.1) is 0 Å². The van der Waals surface area contributed by atoms with Crippen molar-refractivity contribution in [3.63, 3.8) is 0 Å². The van der Waals surface area contributed by atoms with Crippen LogP contribution in [0.3, 0.4) is 0 Å². The van der Waals surface area contributed by atoms with Crippen LogP contribution in [0.5, 0.6) is 0 Å². The minimum Gasteiger partial charge on any atom is -0.476 e. The predicted molar refractivity (Wildman–Crippen MR) is 79.7 cm³/mol. The molecule has 7 heteroatoms. The van der Waals surface area contributed by atoms with Crippen LogP contribution in [0.4, 0.5) is 5.82 Å². The van der Waals surface area contributed by atoms with Crippen molar-refractivity contribution >= 4 is 17.7 Å². The smallest absolute Gasteiger partial charge is 0.358 e. The summed E-state index contributed by atoms with van der Waals surface area (Å²) < 4.78 is 0. The zero-order valence-corrected chi connectivity index (χ0v) is 12.4. The minimum atomic E-state index is -1.06. The number of carboxylic acid groups (broad SMARTS) is 1. The first kappa shape index (κ1) is 14.7. The summed E-state index contributed by atoms with van der Waals surface area (Å²) in [5, 5.41) is 9.24. The third-order valence-corrected chi connectivity index (χ3v) is 4.35. The third-order valence-electron chi connectivity index (χ3n) is 4.35. The Morgan fingerprint density at radius 2 is 2.09 bits per heavy atom. The molecule has 3 heterocycles. The minimum absolute atomic E-state index is 0.000369. The van der Waals surface area contributed by atoms with E-state index >= 15 is 0 Å². The van der Waals surface area contributed by atoms with Crippen LogP contribution in [0.1, 0.15) is 36.2 Å². The Morgan fingerprint density at radius 1 is 1.27 bits per heavy atom. The summed E-state index contributed by atoms with van der Waals surface area (Å²) in [6.45, 7) is 3.12. The van der Waals surface area contributed by atoms with E-state index in [1.807, 2.05) is 9.80 Å². The quantitative estimate of drug-likeness (QED) is 0.893. The van der Waals surface area contributed by atoms with Gasteiger partial charge in [0.25, 0.3) is 0 Å². The third kappa shape index (κ3) is 3.03. The lowest BCUT2D eigenvalue weighted by Gasteiger charge is -2.35. The van der Waals surface area contributed by atoms with E-state index < -0.39 is 5.97 Å². The van der Waals surface area contributed by atoms with Gasteiger partial charge in [0, 0.05) is 45.0 Å². The Labute approximate surface area is 129 Å². The first-order chi connectivity index (χ1) is 10.6. The van der Waals surface area contributed by atoms with E-state index in [0.29, 0.717) is 18.2 Å². The summed E-state index contributed by atoms with van der Waals surface area (Å²) >= 11 is 0. The average molecular weight is 304 g/mol. The van der Waals surface area contributed by atoms with Gasteiger partial charge in [-0.15, -0.1) is 0 Å². The molecule has 1 aromatic rings. The van der Waals surface area contributed by atoms with E-state index in [2.05, 4.69) is 9.97 Å². The molecule has 22 heavy (non-hydrogen) atoms. The number of piperidine rings is 1. The Morgan fingerprint density at radius 3 is 2.82 bits per heavy atom. The summed E-state index contributed by atoms with van der Waals surface area (Å²) in [5.74, 6) is -0.0188. The highest BCUT2D eigenvalue weighted by Crippen LogP contribution is 2.25. The van der Waals surface area contributed by atoms with E-state index in [1.165, 1.54) is 12.4 Å². The topological polar surface area (TPSA) is 86.6 Å². The average Bonchev–Trinajstić information content (AvgIpc) is 2.93. The number of carbonyl (C=O) groups excluding carboxylic acids is 1. The summed E-state index contributed by atoms with van der Waals surface area (Å²) in [7, 11) is 0. The molecule has 118 valence electrons. The molecule has 1 aromatic heterocycles. The Balaban J connectivity index is 1.70. The maximum atomic E-state index is 11.8. The van der Waals surface area contributed by atoms with Crippen molar-refractivity contribution in [2.24, 2.45) is 5.92 Å². The maximum Gasteiger partial charge on any atom is 0.358 e. The highest BCUT2D eigenvalue weighted by Gasteiger charge is 2.29. The van der Waals surface area contributed by atoms with Crippen molar-refractivity contribution in [1.29, 1.82) is 0 Å². The van der Waals surface area contributed by atoms with Gasteiger partial charge in [-0.1, -0.05) is 0 Å². The lowest BCUT2D eigenvalue weighted by atomic mass is 9.97. The van der Waals surface area contributed by atoms with Crippen molar-refractivity contribution in [3.05, 3.63) is 18.1 Å². The fourth-order valence-corrected chi connectivity index (χ4v) is 3.33. The number of hydrogen-bond donors (Lipinski definition) is 1. The van der Waals surface area contributed by atoms with E-state index in [0.717, 1.165) is 45.4 Å². The van der Waals surface area contributed by atoms with Crippen LogP contribution >= 0.6 is 0 Å². The number of carbonyl (C=O) groups is 2. The lowest BCUT2D eigenvalue weighted by molar-refractivity contribution is -0.128. The normalized spacial score (nSPS) is 22.2. The molecule has 0 saturated carbocycles. The van der Waals surface area contributed by atoms with Crippen LogP contribution in [0, 0.1) is 5.92 Å². The van der Waals surface area contributed by atoms with Crippen LogP contribution in [0.2, 0.25) is 0 Å². The van der Waals surface area contributed by atoms with Gasteiger partial charge >= 0.3 is 5.97 Å². The van der Waals surface area contributed by atoms with Gasteiger partial charge in [0.15, 0.2) is 11.5 Å². The van der Waals surface area contributed by atoms with Gasteiger partial charge in [-0.3, -0.25) is 4.79 Å². The number of aromatic nitrogens is 2. The van der Waals surface area contributed by atoms with Gasteiger partial charge in [-0.2, -0.15) is 0 Å². The summed E-state index contributed by atoms with van der Waals surface area (Å²) in [6.07, 6.45) is 6.56. The van der Waals surface area contributed by atoms with Crippen LogP contribution in [0.25, 0.3) is 0 Å². The van der Waals surface area contributed by atoms with Gasteiger partial charge < -0.3 is 14.9 Å². The molecule has 2 aliphatic rings. The molecule has 0 aliphatic carbocycles. The highest BCUT2D eigenvalue weighted by molar-refractivity contribution is 5.90. The molecule has 0 spiro atoms. The molecule has 0 bridgehead atoms. The number of anilines is 1. The number of amides is 1. The highest BCUT2D eigenvalue weighted by atomic mass is 16.4. The van der Waals surface area contributed by atoms with Gasteiger partial charge in [0.2, 0.25) is 5.91 Å². The second-order valence-corrected chi connectivity index (χ2v) is 5.93. The second kappa shape index (κ2) is 6.29. The van der Waals surface area contributed by atoms with Crippen molar-refractivity contribution in [2.45, 2.75) is 25.7 Å². The van der Waals surface area contributed by atoms with Gasteiger partial charge in [0.1, 0.15) is 0 Å². The lowest BCUT2D eigenvalue weighted by Crippen LogP contribution is -2.42. The molecule has 2 fully saturated rings. The number of carboxylic acids is 1. The standard InChI is InChI=1S/C15H20N4O3/c20-12-4-2-7-18(12)9-11-3-1-8-19(10-11)14-13(15(21)22)16-5-6-17-14/h5-6,11H,1-4,7-10H2,(H,21,22). The van der Waals surface area contributed by atoms with Crippen LogP contribution in [0.15, 0.2) is 12.4 Å². The number of rotatable bonds is 4. The van der Waals surface area contributed by atoms with Gasteiger partial charge in [-0.05, 0) is 25.2 Å². The SMILES string of the molecule is O=C(O)c1nccnc1N1CCCC(CN2CCCC2=O)C1. The molecule has 1 amide bonds. The zero-order valence-electron chi connectivity index (χ0n) is 12.4. The van der Waals surface area contributed by atoms with Crippen molar-refractivity contribution in [2.75, 3.05) is 31.1 Å². The van der Waals surface area contributed by atoms with E-state index in [-0.39, 0.29) is 11.6 Å². The maximum absolute atomic E-state index is 11.8. The van der Waals surface area contributed by atoms with Gasteiger partial charge in [-0.25, -0.2) is 14.8 Å². The van der Waals surface area contributed by atoms with Crippen molar-refractivity contribution in [1.82, 2.24) is 14.9 Å². The largest absolute Gasteiger partial charge is 0.476 e. The molecular formula is C15H20N4O3. The van der Waals surface area contributed by atoms with Crippen LogP contribution in [-0.2, 0) is 4.79 Å². The first-order valence-electron chi connectivity index (χ1n) is 7.72. The Hall–Kier alpha value is -2.18. The first-order valence-corrected chi connectivity index (χ1v) is 7.72. The molecule has 3 rings (SSSR count). The number of aromatic carboxylic acids is 1. The Kier molecular flexibility index (Phi) is 4.22. The number of hydrogen-bond acceptors (Lipinski definition) is 5. The Bertz CT molecular complexity index is 578. The van der Waals surface area contributed by atoms with Crippen LogP contribution < -0.4 is 4.90 Å². The fraction of sp³-hybridized carbons (Fsp3) is 0.600. The molecule has 0 aromatic carbocycles. The number of nitrogens with zero attached hydrogens (tertiary/aromatic N) is 4. The van der Waals surface area contributed by atoms with Crippen LogP contribution in [-0.4, -0.2) is 58.0 Å². The van der Waals surface area contributed by atoms with E-state index in [9.17, 15) is 14.7 Å². The molecule has 1 unspecified atom stereocenters. The summed E-state index contributed by atoms with van der Waals surface area (Å²) in [6, 6.07) is 0. The zero-order chi connectivity index (χ0) is 15.5. The monoisotopic (exact) mass is 304 g/mol. The summed E-state index contributed by atoms with van der Waals surface area (Å²) in [4.78, 5) is 35.1. The van der Waals surface area contributed by atoms with E-state index in [4.69, 9.17) is 0 Å². The second-order valence-electron chi connectivity index (χ2n) is 5.93. The fourth-order valence-electron chi connectivity index (χ4n) is 3.33. The molecule has 2 aliphatic heterocycles. The molecule has 0 radical (unpaired) electrons.